The van der Waals surface area contributed by atoms with Gasteiger partial charge in [0.05, 0.1) is 12.5 Å². The standard InChI is InChI=1S/C10H17N3O4/c1-10(2)9(17)12-3-4-13(10)8(16)6(11)5-7(14)15/h6H,3-5,11H2,1-2H3,(H,12,17)(H,14,15). The largest absolute Gasteiger partial charge is 0.481 e. The van der Waals surface area contributed by atoms with Crippen molar-refractivity contribution in [3.8, 4) is 0 Å². The maximum absolute atomic E-state index is 12.0. The molecule has 7 nitrogen and oxygen atoms in total. The Kier molecular flexibility index (Phi) is 3.72. The Balaban J connectivity index is 2.80. The summed E-state index contributed by atoms with van der Waals surface area (Å²) in [5.74, 6) is -1.91. The molecule has 0 aromatic carbocycles. The number of carboxylic acids is 1. The molecule has 96 valence electrons. The van der Waals surface area contributed by atoms with E-state index in [1.807, 2.05) is 0 Å². The molecule has 1 heterocycles. The zero-order valence-electron chi connectivity index (χ0n) is 9.90. The first-order chi connectivity index (χ1) is 7.76. The number of carbonyl (C=O) groups excluding carboxylic acids is 2. The summed E-state index contributed by atoms with van der Waals surface area (Å²) in [6.45, 7) is 3.90. The van der Waals surface area contributed by atoms with E-state index >= 15 is 0 Å². The van der Waals surface area contributed by atoms with Gasteiger partial charge in [-0.3, -0.25) is 14.4 Å². The topological polar surface area (TPSA) is 113 Å². The van der Waals surface area contributed by atoms with Gasteiger partial charge < -0.3 is 21.1 Å². The highest BCUT2D eigenvalue weighted by Gasteiger charge is 2.41. The van der Waals surface area contributed by atoms with Gasteiger partial charge in [-0.2, -0.15) is 0 Å². The van der Waals surface area contributed by atoms with Gasteiger partial charge >= 0.3 is 5.97 Å². The van der Waals surface area contributed by atoms with Crippen molar-refractivity contribution in [2.24, 2.45) is 5.73 Å². The average molecular weight is 243 g/mol. The van der Waals surface area contributed by atoms with Crippen molar-refractivity contribution in [3.05, 3.63) is 0 Å². The Morgan fingerprint density at radius 2 is 2.18 bits per heavy atom. The van der Waals surface area contributed by atoms with Gasteiger partial charge in [-0.25, -0.2) is 0 Å². The molecular formula is C10H17N3O4. The molecule has 0 saturated carbocycles. The predicted octanol–water partition coefficient (Wildman–Crippen LogP) is -1.47. The van der Waals surface area contributed by atoms with Crippen LogP contribution in [0.3, 0.4) is 0 Å². The smallest absolute Gasteiger partial charge is 0.305 e. The predicted molar refractivity (Wildman–Crippen MR) is 59.0 cm³/mol. The number of nitrogens with zero attached hydrogens (tertiary/aromatic N) is 1. The highest BCUT2D eigenvalue weighted by molar-refractivity contribution is 5.94. The highest BCUT2D eigenvalue weighted by atomic mass is 16.4. The van der Waals surface area contributed by atoms with Crippen molar-refractivity contribution >= 4 is 17.8 Å². The number of amides is 2. The molecule has 2 amide bonds. The summed E-state index contributed by atoms with van der Waals surface area (Å²) in [4.78, 5) is 35.4. The molecule has 1 rings (SSSR count). The lowest BCUT2D eigenvalue weighted by molar-refractivity contribution is -0.151. The molecule has 1 fully saturated rings. The lowest BCUT2D eigenvalue weighted by atomic mass is 9.97. The minimum absolute atomic E-state index is 0.264. The minimum atomic E-state index is -1.13. The van der Waals surface area contributed by atoms with E-state index in [-0.39, 0.29) is 5.91 Å². The van der Waals surface area contributed by atoms with Crippen molar-refractivity contribution < 1.29 is 19.5 Å². The maximum atomic E-state index is 12.0. The molecule has 0 radical (unpaired) electrons. The fraction of sp³-hybridized carbons (Fsp3) is 0.700. The summed E-state index contributed by atoms with van der Waals surface area (Å²) in [5.41, 5.74) is 4.52. The molecule has 0 aliphatic carbocycles. The van der Waals surface area contributed by atoms with Crippen LogP contribution in [0.25, 0.3) is 0 Å². The van der Waals surface area contributed by atoms with E-state index in [4.69, 9.17) is 10.8 Å². The van der Waals surface area contributed by atoms with Gasteiger partial charge in [0.2, 0.25) is 11.8 Å². The van der Waals surface area contributed by atoms with Crippen LogP contribution in [0.4, 0.5) is 0 Å². The van der Waals surface area contributed by atoms with E-state index in [2.05, 4.69) is 5.32 Å². The van der Waals surface area contributed by atoms with E-state index in [1.54, 1.807) is 13.8 Å². The number of carboxylic acid groups (broad SMARTS) is 1. The van der Waals surface area contributed by atoms with E-state index in [0.717, 1.165) is 0 Å². The van der Waals surface area contributed by atoms with Gasteiger partial charge in [0.25, 0.3) is 0 Å². The molecule has 1 aliphatic rings. The fourth-order valence-corrected chi connectivity index (χ4v) is 1.76. The second kappa shape index (κ2) is 4.70. The van der Waals surface area contributed by atoms with Gasteiger partial charge in [0, 0.05) is 13.1 Å². The van der Waals surface area contributed by atoms with Crippen LogP contribution in [0, 0.1) is 0 Å². The molecule has 4 N–H and O–H groups in total. The first-order valence-electron chi connectivity index (χ1n) is 5.34. The van der Waals surface area contributed by atoms with Crippen LogP contribution >= 0.6 is 0 Å². The molecule has 0 aromatic rings. The quantitative estimate of drug-likeness (QED) is 0.560. The second-order valence-corrected chi connectivity index (χ2v) is 4.51. The number of hydrogen-bond donors (Lipinski definition) is 3. The molecule has 1 saturated heterocycles. The highest BCUT2D eigenvalue weighted by Crippen LogP contribution is 2.18. The molecule has 1 atom stereocenters. The van der Waals surface area contributed by atoms with Crippen LogP contribution in [0.2, 0.25) is 0 Å². The van der Waals surface area contributed by atoms with Crippen molar-refractivity contribution in [2.45, 2.75) is 31.8 Å². The Morgan fingerprint density at radius 3 is 2.71 bits per heavy atom. The zero-order valence-corrected chi connectivity index (χ0v) is 9.90. The Morgan fingerprint density at radius 1 is 1.59 bits per heavy atom. The van der Waals surface area contributed by atoms with Gasteiger partial charge in [-0.1, -0.05) is 0 Å². The van der Waals surface area contributed by atoms with Crippen molar-refractivity contribution in [3.63, 3.8) is 0 Å². The van der Waals surface area contributed by atoms with Crippen molar-refractivity contribution in [1.29, 1.82) is 0 Å². The van der Waals surface area contributed by atoms with E-state index < -0.39 is 29.9 Å². The third kappa shape index (κ3) is 2.73. The van der Waals surface area contributed by atoms with Gasteiger partial charge in [-0.15, -0.1) is 0 Å². The molecule has 0 bridgehead atoms. The van der Waals surface area contributed by atoms with Crippen LogP contribution < -0.4 is 11.1 Å². The number of nitrogens with two attached hydrogens (primary N) is 1. The molecule has 0 spiro atoms. The first-order valence-corrected chi connectivity index (χ1v) is 5.34. The lowest BCUT2D eigenvalue weighted by Gasteiger charge is -2.42. The lowest BCUT2D eigenvalue weighted by Crippen LogP contribution is -2.65. The molecule has 0 aromatic heterocycles. The van der Waals surface area contributed by atoms with Crippen LogP contribution in [0.5, 0.6) is 0 Å². The third-order valence-corrected chi connectivity index (χ3v) is 2.83. The third-order valence-electron chi connectivity index (χ3n) is 2.83. The number of piperazine rings is 1. The van der Waals surface area contributed by atoms with Gasteiger partial charge in [0.15, 0.2) is 0 Å². The minimum Gasteiger partial charge on any atom is -0.481 e. The monoisotopic (exact) mass is 243 g/mol. The second-order valence-electron chi connectivity index (χ2n) is 4.51. The number of carbonyl (C=O) groups is 3. The van der Waals surface area contributed by atoms with Crippen LogP contribution in [0.1, 0.15) is 20.3 Å². The van der Waals surface area contributed by atoms with Crippen molar-refractivity contribution in [1.82, 2.24) is 10.2 Å². The summed E-state index contributed by atoms with van der Waals surface area (Å²) in [5, 5.41) is 11.2. The summed E-state index contributed by atoms with van der Waals surface area (Å²) in [6.07, 6.45) is -0.437. The molecular weight excluding hydrogens is 226 g/mol. The van der Waals surface area contributed by atoms with Crippen LogP contribution in [-0.4, -0.2) is 52.5 Å². The number of rotatable bonds is 3. The number of aliphatic carboxylic acids is 1. The Bertz CT molecular complexity index is 353. The zero-order chi connectivity index (χ0) is 13.2. The van der Waals surface area contributed by atoms with Crippen LogP contribution in [0.15, 0.2) is 0 Å². The van der Waals surface area contributed by atoms with Crippen molar-refractivity contribution in [2.75, 3.05) is 13.1 Å². The normalized spacial score (nSPS) is 20.6. The first kappa shape index (κ1) is 13.4. The fourth-order valence-electron chi connectivity index (χ4n) is 1.76. The summed E-state index contributed by atoms with van der Waals surface area (Å²) < 4.78 is 0. The van der Waals surface area contributed by atoms with Crippen LogP contribution in [-0.2, 0) is 14.4 Å². The van der Waals surface area contributed by atoms with E-state index in [1.165, 1.54) is 4.90 Å². The number of nitrogens with one attached hydrogen (secondary N) is 1. The number of hydrogen-bond acceptors (Lipinski definition) is 4. The van der Waals surface area contributed by atoms with E-state index in [9.17, 15) is 14.4 Å². The summed E-state index contributed by atoms with van der Waals surface area (Å²) >= 11 is 0. The molecule has 17 heavy (non-hydrogen) atoms. The van der Waals surface area contributed by atoms with E-state index in [0.29, 0.717) is 13.1 Å². The molecule has 1 aliphatic heterocycles. The van der Waals surface area contributed by atoms with Gasteiger partial charge in [-0.05, 0) is 13.8 Å². The average Bonchev–Trinajstić information content (AvgIpc) is 2.20. The van der Waals surface area contributed by atoms with Gasteiger partial charge in [0.1, 0.15) is 5.54 Å². The summed E-state index contributed by atoms with van der Waals surface area (Å²) in [7, 11) is 0. The Labute approximate surface area is 98.9 Å². The molecule has 1 unspecified atom stereocenters. The Hall–Kier alpha value is -1.63. The maximum Gasteiger partial charge on any atom is 0.305 e. The SMILES string of the molecule is CC1(C)C(=O)NCCN1C(=O)C(N)CC(=O)O. The molecule has 7 heteroatoms. The summed E-state index contributed by atoms with van der Waals surface area (Å²) in [6, 6.07) is -1.11.